The van der Waals surface area contributed by atoms with Crippen LogP contribution in [0.1, 0.15) is 5.82 Å². The summed E-state index contributed by atoms with van der Waals surface area (Å²) >= 11 is 0. The van der Waals surface area contributed by atoms with Crippen LogP contribution in [0.3, 0.4) is 0 Å². The van der Waals surface area contributed by atoms with Crippen LogP contribution in [0, 0.1) is 6.92 Å². The summed E-state index contributed by atoms with van der Waals surface area (Å²) in [6.07, 6.45) is 1.68. The highest BCUT2D eigenvalue weighted by Gasteiger charge is 2.08. The summed E-state index contributed by atoms with van der Waals surface area (Å²) in [7, 11) is 0. The van der Waals surface area contributed by atoms with E-state index < -0.39 is 12.6 Å². The molecule has 2 amide bonds. The number of alkyl halides is 2. The monoisotopic (exact) mass is 477 g/mol. The molecule has 0 unspecified atom stereocenters. The molecule has 4 rings (SSSR count). The lowest BCUT2D eigenvalue weighted by Gasteiger charge is -2.11. The van der Waals surface area contributed by atoms with Gasteiger partial charge in [0, 0.05) is 35.4 Å². The van der Waals surface area contributed by atoms with Gasteiger partial charge in [-0.3, -0.25) is 0 Å². The Morgan fingerprint density at radius 3 is 2.23 bits per heavy atom. The number of hydrogen-bond donors (Lipinski definition) is 4. The third-order valence-electron chi connectivity index (χ3n) is 4.49. The molecule has 4 N–H and O–H groups in total. The van der Waals surface area contributed by atoms with Crippen molar-refractivity contribution in [3.05, 3.63) is 84.8 Å². The maximum Gasteiger partial charge on any atom is 0.387 e. The SMILES string of the molecule is Cc1nc(Nc2ccc(NC(=O)Nc3cccc(OC(F)F)c3)cc2)cc(Nc2ccccn2)n1. The van der Waals surface area contributed by atoms with Crippen molar-refractivity contribution in [1.29, 1.82) is 0 Å². The molecule has 9 nitrogen and oxygen atoms in total. The second-order valence-corrected chi connectivity index (χ2v) is 7.21. The molecule has 11 heteroatoms. The topological polar surface area (TPSA) is 113 Å². The Morgan fingerprint density at radius 2 is 1.51 bits per heavy atom. The number of nitrogens with one attached hydrogen (secondary N) is 4. The first-order valence-corrected chi connectivity index (χ1v) is 10.5. The Kier molecular flexibility index (Phi) is 7.26. The summed E-state index contributed by atoms with van der Waals surface area (Å²) < 4.78 is 29.1. The largest absolute Gasteiger partial charge is 0.435 e. The van der Waals surface area contributed by atoms with Crippen molar-refractivity contribution in [3.8, 4) is 5.75 Å². The first kappa shape index (κ1) is 23.4. The lowest BCUT2D eigenvalue weighted by atomic mass is 10.2. The Morgan fingerprint density at radius 1 is 0.800 bits per heavy atom. The standard InChI is InChI=1S/C24H21F2N7O2/c1-15-28-21(14-22(29-15)33-20-7-2-3-12-27-20)30-16-8-10-17(11-9-16)31-24(34)32-18-5-4-6-19(13-18)35-23(25)26/h2-14,23H,1H3,(H2,31,32,34)(H2,27,28,29,30,33). The number of rotatable bonds is 8. The molecular formula is C24H21F2N7O2. The molecule has 35 heavy (non-hydrogen) atoms. The first-order chi connectivity index (χ1) is 16.9. The van der Waals surface area contributed by atoms with Crippen LogP contribution in [0.2, 0.25) is 0 Å². The van der Waals surface area contributed by atoms with Crippen molar-refractivity contribution < 1.29 is 18.3 Å². The molecule has 178 valence electrons. The molecule has 2 aromatic carbocycles. The van der Waals surface area contributed by atoms with Gasteiger partial charge in [0.1, 0.15) is 29.0 Å². The molecule has 0 saturated heterocycles. The van der Waals surface area contributed by atoms with Gasteiger partial charge in [0.25, 0.3) is 0 Å². The third-order valence-corrected chi connectivity index (χ3v) is 4.49. The smallest absolute Gasteiger partial charge is 0.387 e. The van der Waals surface area contributed by atoms with Gasteiger partial charge in [-0.2, -0.15) is 8.78 Å². The number of benzene rings is 2. The van der Waals surface area contributed by atoms with Crippen LogP contribution in [0.15, 0.2) is 79.0 Å². The number of carbonyl (C=O) groups excluding carboxylic acids is 1. The van der Waals surface area contributed by atoms with Gasteiger partial charge in [0.2, 0.25) is 0 Å². The van der Waals surface area contributed by atoms with Gasteiger partial charge in [0.15, 0.2) is 0 Å². The summed E-state index contributed by atoms with van der Waals surface area (Å²) in [5.74, 6) is 2.37. The van der Waals surface area contributed by atoms with Crippen molar-refractivity contribution in [2.75, 3.05) is 21.3 Å². The Labute approximate surface area is 199 Å². The molecule has 4 aromatic rings. The number of urea groups is 1. The van der Waals surface area contributed by atoms with E-state index in [0.717, 1.165) is 5.69 Å². The molecule has 0 aliphatic rings. The summed E-state index contributed by atoms with van der Waals surface area (Å²) in [4.78, 5) is 25.2. The van der Waals surface area contributed by atoms with E-state index in [0.29, 0.717) is 34.7 Å². The third kappa shape index (κ3) is 7.09. The number of ether oxygens (including phenoxy) is 1. The van der Waals surface area contributed by atoms with Gasteiger partial charge >= 0.3 is 12.6 Å². The first-order valence-electron chi connectivity index (χ1n) is 10.5. The van der Waals surface area contributed by atoms with Crippen molar-refractivity contribution in [2.45, 2.75) is 13.5 Å². The summed E-state index contributed by atoms with van der Waals surface area (Å²) in [6.45, 7) is -1.16. The van der Waals surface area contributed by atoms with Gasteiger partial charge in [-0.1, -0.05) is 12.1 Å². The van der Waals surface area contributed by atoms with Crippen LogP contribution in [-0.4, -0.2) is 27.6 Å². The van der Waals surface area contributed by atoms with Crippen LogP contribution >= 0.6 is 0 Å². The van der Waals surface area contributed by atoms with Crippen LogP contribution in [0.5, 0.6) is 5.75 Å². The van der Waals surface area contributed by atoms with Crippen molar-refractivity contribution in [2.24, 2.45) is 0 Å². The molecule has 0 radical (unpaired) electrons. The number of nitrogens with zero attached hydrogens (tertiary/aromatic N) is 3. The molecule has 2 heterocycles. The summed E-state index contributed by atoms with van der Waals surface area (Å²) in [5, 5.41) is 11.6. The molecule has 2 aromatic heterocycles. The zero-order valence-electron chi connectivity index (χ0n) is 18.5. The number of hydrogen-bond acceptors (Lipinski definition) is 7. The lowest BCUT2D eigenvalue weighted by Crippen LogP contribution is -2.19. The second-order valence-electron chi connectivity index (χ2n) is 7.21. The average Bonchev–Trinajstić information content (AvgIpc) is 2.80. The zero-order valence-corrected chi connectivity index (χ0v) is 18.5. The van der Waals surface area contributed by atoms with E-state index in [4.69, 9.17) is 0 Å². The highest BCUT2D eigenvalue weighted by molar-refractivity contribution is 5.99. The normalized spacial score (nSPS) is 10.5. The zero-order chi connectivity index (χ0) is 24.6. The van der Waals surface area contributed by atoms with Gasteiger partial charge < -0.3 is 26.0 Å². The van der Waals surface area contributed by atoms with E-state index in [2.05, 4.69) is 41.0 Å². The molecule has 0 fully saturated rings. The van der Waals surface area contributed by atoms with Crippen molar-refractivity contribution in [1.82, 2.24) is 15.0 Å². The Balaban J connectivity index is 1.36. The molecule has 0 saturated carbocycles. The fourth-order valence-electron chi connectivity index (χ4n) is 3.09. The fraction of sp³-hybridized carbons (Fsp3) is 0.0833. The second kappa shape index (κ2) is 10.9. The number of carbonyl (C=O) groups is 1. The van der Waals surface area contributed by atoms with Gasteiger partial charge in [-0.15, -0.1) is 0 Å². The Bertz CT molecular complexity index is 1290. The predicted octanol–water partition coefficient (Wildman–Crippen LogP) is 5.91. The van der Waals surface area contributed by atoms with Gasteiger partial charge in [-0.25, -0.2) is 19.7 Å². The quantitative estimate of drug-likeness (QED) is 0.249. The van der Waals surface area contributed by atoms with Gasteiger partial charge in [-0.05, 0) is 55.5 Å². The lowest BCUT2D eigenvalue weighted by molar-refractivity contribution is -0.0498. The van der Waals surface area contributed by atoms with Crippen molar-refractivity contribution in [3.63, 3.8) is 0 Å². The van der Waals surface area contributed by atoms with Crippen LogP contribution in [0.25, 0.3) is 0 Å². The van der Waals surface area contributed by atoms with Gasteiger partial charge in [0.05, 0.1) is 0 Å². The highest BCUT2D eigenvalue weighted by Crippen LogP contribution is 2.22. The van der Waals surface area contributed by atoms with E-state index in [1.807, 2.05) is 18.2 Å². The molecule has 0 atom stereocenters. The van der Waals surface area contributed by atoms with Crippen LogP contribution < -0.4 is 26.0 Å². The van der Waals surface area contributed by atoms with Crippen molar-refractivity contribution >= 4 is 40.5 Å². The number of amides is 2. The van der Waals surface area contributed by atoms with Crippen LogP contribution in [-0.2, 0) is 0 Å². The molecule has 0 bridgehead atoms. The van der Waals surface area contributed by atoms with Crippen LogP contribution in [0.4, 0.5) is 48.1 Å². The minimum absolute atomic E-state index is 0.0495. The molecular weight excluding hydrogens is 456 g/mol. The summed E-state index contributed by atoms with van der Waals surface area (Å²) in [6, 6.07) is 19.5. The van der Waals surface area contributed by atoms with E-state index in [-0.39, 0.29) is 5.75 Å². The number of halogens is 2. The van der Waals surface area contributed by atoms with E-state index in [1.165, 1.54) is 18.2 Å². The molecule has 0 aliphatic heterocycles. The fourth-order valence-corrected chi connectivity index (χ4v) is 3.09. The summed E-state index contributed by atoms with van der Waals surface area (Å²) in [5.41, 5.74) is 1.59. The number of aromatic nitrogens is 3. The average molecular weight is 477 g/mol. The highest BCUT2D eigenvalue weighted by atomic mass is 19.3. The van der Waals surface area contributed by atoms with E-state index in [9.17, 15) is 13.6 Å². The Hall–Kier alpha value is -4.80. The maximum atomic E-state index is 12.4. The maximum absolute atomic E-state index is 12.4. The minimum Gasteiger partial charge on any atom is -0.435 e. The minimum atomic E-state index is -2.94. The number of anilines is 6. The number of aryl methyl sites for hydroxylation is 1. The van der Waals surface area contributed by atoms with E-state index >= 15 is 0 Å². The molecule has 0 aliphatic carbocycles. The van der Waals surface area contributed by atoms with E-state index in [1.54, 1.807) is 49.5 Å². The number of pyridine rings is 1. The predicted molar refractivity (Wildman–Crippen MR) is 130 cm³/mol. The molecule has 0 spiro atoms.